The van der Waals surface area contributed by atoms with Gasteiger partial charge in [-0.2, -0.15) is 4.72 Å². The Kier molecular flexibility index (Phi) is 6.49. The number of anilines is 1. The number of nitrogens with one attached hydrogen (secondary N) is 3. The van der Waals surface area contributed by atoms with E-state index in [-0.39, 0.29) is 23.2 Å². The monoisotopic (exact) mass is 460 g/mol. The molecule has 0 radical (unpaired) electrons. The number of aromatic nitrogens is 3. The zero-order chi connectivity index (χ0) is 22.7. The van der Waals surface area contributed by atoms with E-state index in [1.807, 2.05) is 5.48 Å². The van der Waals surface area contributed by atoms with E-state index in [2.05, 4.69) is 21.6 Å². The van der Waals surface area contributed by atoms with E-state index in [4.69, 9.17) is 0 Å². The van der Waals surface area contributed by atoms with Crippen LogP contribution in [0.15, 0.2) is 47.8 Å². The van der Waals surface area contributed by atoms with Crippen LogP contribution in [0, 0.1) is 5.92 Å². The van der Waals surface area contributed by atoms with Gasteiger partial charge in [0.15, 0.2) is 0 Å². The van der Waals surface area contributed by atoms with Crippen molar-refractivity contribution in [2.24, 2.45) is 5.92 Å². The fraction of sp³-hybridized carbons (Fsp3) is 0.429. The predicted molar refractivity (Wildman–Crippen MR) is 120 cm³/mol. The molecule has 172 valence electrons. The van der Waals surface area contributed by atoms with E-state index >= 15 is 0 Å². The minimum absolute atomic E-state index is 0.127. The number of aryl methyl sites for hydroxylation is 1. The van der Waals surface area contributed by atoms with Crippen molar-refractivity contribution in [3.63, 3.8) is 0 Å². The van der Waals surface area contributed by atoms with E-state index in [9.17, 15) is 18.4 Å². The molecule has 1 amide bonds. The second-order valence-electron chi connectivity index (χ2n) is 8.22. The lowest BCUT2D eigenvalue weighted by Crippen LogP contribution is -2.50. The number of benzene rings is 1. The van der Waals surface area contributed by atoms with E-state index < -0.39 is 16.1 Å². The molecule has 1 aliphatic rings. The molecule has 3 heterocycles. The molecule has 32 heavy (non-hydrogen) atoms. The average Bonchev–Trinajstić information content (AvgIpc) is 3.45. The summed E-state index contributed by atoms with van der Waals surface area (Å²) in [5.74, 6) is 0.535. The Morgan fingerprint density at radius 1 is 1.31 bits per heavy atom. The van der Waals surface area contributed by atoms with Crippen LogP contribution in [0.2, 0.25) is 0 Å². The fourth-order valence-corrected chi connectivity index (χ4v) is 5.54. The highest BCUT2D eigenvalue weighted by atomic mass is 32.2. The highest BCUT2D eigenvalue weighted by molar-refractivity contribution is 7.89. The molecule has 10 nitrogen and oxygen atoms in total. The third-order valence-corrected chi connectivity index (χ3v) is 7.54. The van der Waals surface area contributed by atoms with Crippen LogP contribution < -0.4 is 10.2 Å². The normalized spacial score (nSPS) is 16.4. The minimum Gasteiger partial charge on any atom is -0.361 e. The summed E-state index contributed by atoms with van der Waals surface area (Å²) in [6.07, 6.45) is 6.85. The maximum absolute atomic E-state index is 13.3. The zero-order valence-corrected chi connectivity index (χ0v) is 18.7. The van der Waals surface area contributed by atoms with Gasteiger partial charge >= 0.3 is 0 Å². The molecular weight excluding hydrogens is 432 g/mol. The number of likely N-dealkylation sites (tertiary alicyclic amines) is 1. The van der Waals surface area contributed by atoms with Gasteiger partial charge < -0.3 is 14.5 Å². The van der Waals surface area contributed by atoms with Crippen molar-refractivity contribution >= 4 is 32.8 Å². The smallest absolute Gasteiger partial charge is 0.241 e. The topological polar surface area (TPSA) is 132 Å². The Balaban J connectivity index is 1.59. The number of hydrogen-bond acceptors (Lipinski definition) is 6. The molecule has 1 unspecified atom stereocenters. The van der Waals surface area contributed by atoms with Crippen LogP contribution in [0.25, 0.3) is 10.9 Å². The van der Waals surface area contributed by atoms with Gasteiger partial charge in [0.2, 0.25) is 21.9 Å². The second-order valence-corrected chi connectivity index (χ2v) is 9.90. The summed E-state index contributed by atoms with van der Waals surface area (Å²) >= 11 is 0. The minimum atomic E-state index is -3.96. The highest BCUT2D eigenvalue weighted by Crippen LogP contribution is 2.23. The Morgan fingerprint density at radius 2 is 2.09 bits per heavy atom. The SMILES string of the molecule is CC1CCN(C(=O)C(CCn2ccnc2NO)NS(=O)(=O)c2cccc3[nH]ccc23)CC1. The second kappa shape index (κ2) is 9.31. The Morgan fingerprint density at radius 3 is 2.84 bits per heavy atom. The van der Waals surface area contributed by atoms with Crippen molar-refractivity contribution in [1.82, 2.24) is 24.2 Å². The first kappa shape index (κ1) is 22.3. The standard InChI is InChI=1S/C21H28N6O4S/c1-15-6-11-26(12-7-15)20(28)18(8-13-27-14-10-23-21(27)24-29)25-32(30,31)19-4-2-3-17-16(19)5-9-22-17/h2-5,9-10,14-15,18,22,25,29H,6-8,11-13H2,1H3,(H,23,24). The summed E-state index contributed by atoms with van der Waals surface area (Å²) in [4.78, 5) is 22.2. The van der Waals surface area contributed by atoms with Crippen LogP contribution in [0.3, 0.4) is 0 Å². The fourth-order valence-electron chi connectivity index (χ4n) is 4.09. The lowest BCUT2D eigenvalue weighted by molar-refractivity contribution is -0.134. The third-order valence-electron chi connectivity index (χ3n) is 6.01. The molecule has 0 spiro atoms. The van der Waals surface area contributed by atoms with Crippen LogP contribution in [0.5, 0.6) is 0 Å². The number of H-pyrrole nitrogens is 1. The summed E-state index contributed by atoms with van der Waals surface area (Å²) < 4.78 is 30.9. The van der Waals surface area contributed by atoms with E-state index in [0.29, 0.717) is 36.5 Å². The Labute approximate surface area is 186 Å². The van der Waals surface area contributed by atoms with Crippen molar-refractivity contribution in [3.05, 3.63) is 42.9 Å². The molecular formula is C21H28N6O4S. The number of hydrogen-bond donors (Lipinski definition) is 4. The van der Waals surface area contributed by atoms with Crippen LogP contribution >= 0.6 is 0 Å². The number of fused-ring (bicyclic) bond motifs is 1. The summed E-state index contributed by atoms with van der Waals surface area (Å²) in [5, 5.41) is 9.77. The molecule has 3 aromatic rings. The lowest BCUT2D eigenvalue weighted by atomic mass is 9.98. The largest absolute Gasteiger partial charge is 0.361 e. The van der Waals surface area contributed by atoms with E-state index in [0.717, 1.165) is 12.8 Å². The van der Waals surface area contributed by atoms with Gasteiger partial charge in [0.05, 0.1) is 4.90 Å². The van der Waals surface area contributed by atoms with E-state index in [1.54, 1.807) is 40.1 Å². The molecule has 1 saturated heterocycles. The number of carbonyl (C=O) groups excluding carboxylic acids is 1. The number of carbonyl (C=O) groups is 1. The first-order valence-corrected chi connectivity index (χ1v) is 12.2. The molecule has 1 aliphatic heterocycles. The molecule has 2 aromatic heterocycles. The molecule has 0 bridgehead atoms. The predicted octanol–water partition coefficient (Wildman–Crippen LogP) is 2.16. The van der Waals surface area contributed by atoms with Crippen LogP contribution in [-0.2, 0) is 21.4 Å². The van der Waals surface area contributed by atoms with Crippen molar-refractivity contribution in [2.45, 2.75) is 43.7 Å². The number of piperidine rings is 1. The van der Waals surface area contributed by atoms with E-state index in [1.165, 1.54) is 12.3 Å². The Hall–Kier alpha value is -2.89. The number of amides is 1. The van der Waals surface area contributed by atoms with Crippen molar-refractivity contribution in [3.8, 4) is 0 Å². The van der Waals surface area contributed by atoms with Gasteiger partial charge in [0.25, 0.3) is 0 Å². The van der Waals surface area contributed by atoms with Gasteiger partial charge in [-0.25, -0.2) is 18.9 Å². The maximum atomic E-state index is 13.3. The quantitative estimate of drug-likeness (QED) is 0.381. The summed E-state index contributed by atoms with van der Waals surface area (Å²) in [7, 11) is -3.96. The van der Waals surface area contributed by atoms with Crippen molar-refractivity contribution < 1.29 is 18.4 Å². The number of sulfonamides is 1. The number of nitrogens with zero attached hydrogens (tertiary/aromatic N) is 3. The van der Waals surface area contributed by atoms with Gasteiger partial charge in [-0.3, -0.25) is 10.0 Å². The van der Waals surface area contributed by atoms with Crippen LogP contribution in [-0.4, -0.2) is 58.1 Å². The van der Waals surface area contributed by atoms with Gasteiger partial charge in [0.1, 0.15) is 6.04 Å². The molecule has 1 aromatic carbocycles. The molecule has 1 atom stereocenters. The molecule has 0 aliphatic carbocycles. The zero-order valence-electron chi connectivity index (χ0n) is 17.9. The van der Waals surface area contributed by atoms with Gasteiger partial charge in [0, 0.05) is 49.1 Å². The summed E-state index contributed by atoms with van der Waals surface area (Å²) in [5.41, 5.74) is 2.71. The summed E-state index contributed by atoms with van der Waals surface area (Å²) in [6.45, 7) is 3.67. The third kappa shape index (κ3) is 4.64. The first-order chi connectivity index (χ1) is 15.4. The lowest BCUT2D eigenvalue weighted by Gasteiger charge is -2.33. The van der Waals surface area contributed by atoms with Crippen molar-refractivity contribution in [2.75, 3.05) is 18.6 Å². The maximum Gasteiger partial charge on any atom is 0.241 e. The molecule has 0 saturated carbocycles. The molecule has 4 N–H and O–H groups in total. The van der Waals surface area contributed by atoms with Gasteiger partial charge in [-0.15, -0.1) is 0 Å². The first-order valence-electron chi connectivity index (χ1n) is 10.7. The van der Waals surface area contributed by atoms with Crippen LogP contribution in [0.4, 0.5) is 5.95 Å². The van der Waals surface area contributed by atoms with Gasteiger partial charge in [-0.05, 0) is 43.4 Å². The average molecular weight is 461 g/mol. The number of rotatable bonds is 8. The highest BCUT2D eigenvalue weighted by Gasteiger charge is 2.31. The molecule has 11 heteroatoms. The number of aromatic amines is 1. The Bertz CT molecular complexity index is 1180. The van der Waals surface area contributed by atoms with Crippen LogP contribution in [0.1, 0.15) is 26.2 Å². The van der Waals surface area contributed by atoms with Crippen molar-refractivity contribution in [1.29, 1.82) is 0 Å². The summed E-state index contributed by atoms with van der Waals surface area (Å²) in [6, 6.07) is 5.76. The number of imidazole rings is 1. The molecule has 1 fully saturated rings. The molecule has 4 rings (SSSR count). The van der Waals surface area contributed by atoms with Gasteiger partial charge in [-0.1, -0.05) is 13.0 Å².